The maximum atomic E-state index is 8.66. The molecule has 1 rings (SSSR count). The fraction of sp³-hybridized carbons (Fsp3) is 0.636. The van der Waals surface area contributed by atoms with Crippen LogP contribution in [0.1, 0.15) is 26.0 Å². The molecule has 16 heavy (non-hydrogen) atoms. The van der Waals surface area contributed by atoms with E-state index in [2.05, 4.69) is 29.9 Å². The number of hydrogen-bond donors (Lipinski definition) is 1. The number of nitriles is 1. The molecule has 0 bridgehead atoms. The second-order valence-electron chi connectivity index (χ2n) is 4.14. The molecule has 0 atom stereocenters. The Morgan fingerprint density at radius 1 is 1.56 bits per heavy atom. The molecule has 88 valence electrons. The maximum Gasteiger partial charge on any atom is 0.150 e. The van der Waals surface area contributed by atoms with E-state index < -0.39 is 0 Å². The second kappa shape index (κ2) is 4.88. The van der Waals surface area contributed by atoms with Gasteiger partial charge in [0.15, 0.2) is 5.82 Å². The van der Waals surface area contributed by atoms with Crippen LogP contribution >= 0.6 is 0 Å². The molecule has 0 saturated carbocycles. The van der Waals surface area contributed by atoms with Gasteiger partial charge in [0.2, 0.25) is 0 Å². The zero-order valence-electron chi connectivity index (χ0n) is 10.4. The van der Waals surface area contributed by atoms with Gasteiger partial charge in [0, 0.05) is 19.6 Å². The zero-order valence-corrected chi connectivity index (χ0v) is 10.4. The quantitative estimate of drug-likeness (QED) is 0.835. The van der Waals surface area contributed by atoms with E-state index in [4.69, 9.17) is 11.0 Å². The highest BCUT2D eigenvalue weighted by atomic mass is 15.4. The van der Waals surface area contributed by atoms with Gasteiger partial charge in [0.1, 0.15) is 0 Å². The monoisotopic (exact) mass is 221 g/mol. The lowest BCUT2D eigenvalue weighted by Crippen LogP contribution is -2.33. The minimum atomic E-state index is 0.297. The molecule has 0 radical (unpaired) electrons. The third-order valence-electron chi connectivity index (χ3n) is 2.60. The summed E-state index contributed by atoms with van der Waals surface area (Å²) in [7, 11) is 1.88. The van der Waals surface area contributed by atoms with Gasteiger partial charge in [-0.15, -0.1) is 0 Å². The molecule has 5 heteroatoms. The first kappa shape index (κ1) is 12.4. The predicted octanol–water partition coefficient (Wildman–Crippen LogP) is 1.44. The number of anilines is 2. The minimum Gasteiger partial charge on any atom is -0.394 e. The van der Waals surface area contributed by atoms with Gasteiger partial charge in [-0.25, -0.2) is 0 Å². The van der Waals surface area contributed by atoms with Gasteiger partial charge in [-0.1, -0.05) is 0 Å². The van der Waals surface area contributed by atoms with Crippen LogP contribution in [0.25, 0.3) is 0 Å². The van der Waals surface area contributed by atoms with Gasteiger partial charge in [-0.2, -0.15) is 10.4 Å². The molecule has 0 saturated heterocycles. The van der Waals surface area contributed by atoms with Crippen molar-refractivity contribution in [1.82, 2.24) is 9.78 Å². The SMILES string of the molecule is Cc1nn(C)c(N(CCC#N)C(C)C)c1N. The molecule has 0 aliphatic carbocycles. The summed E-state index contributed by atoms with van der Waals surface area (Å²) in [5, 5.41) is 12.9. The van der Waals surface area contributed by atoms with Crippen molar-refractivity contribution in [3.63, 3.8) is 0 Å². The van der Waals surface area contributed by atoms with Crippen LogP contribution in [0.3, 0.4) is 0 Å². The van der Waals surface area contributed by atoms with E-state index in [1.165, 1.54) is 0 Å². The zero-order chi connectivity index (χ0) is 12.3. The molecular formula is C11H19N5. The van der Waals surface area contributed by atoms with Crippen molar-refractivity contribution >= 4 is 11.5 Å². The summed E-state index contributed by atoms with van der Waals surface area (Å²) in [4.78, 5) is 2.11. The van der Waals surface area contributed by atoms with Crippen LogP contribution in [0, 0.1) is 18.3 Å². The summed E-state index contributed by atoms with van der Waals surface area (Å²) in [5.41, 5.74) is 7.54. The smallest absolute Gasteiger partial charge is 0.150 e. The Labute approximate surface area is 96.5 Å². The third kappa shape index (κ3) is 2.27. The Balaban J connectivity index is 3.06. The summed E-state index contributed by atoms with van der Waals surface area (Å²) in [5.74, 6) is 0.905. The standard InChI is InChI=1S/C11H19N5/c1-8(2)16(7-5-6-12)11-10(13)9(3)14-15(11)4/h8H,5,7,13H2,1-4H3. The van der Waals surface area contributed by atoms with Gasteiger partial charge in [0.05, 0.1) is 23.9 Å². The number of hydrogen-bond acceptors (Lipinski definition) is 4. The average Bonchev–Trinajstić information content (AvgIpc) is 2.44. The Morgan fingerprint density at radius 3 is 2.56 bits per heavy atom. The van der Waals surface area contributed by atoms with Crippen molar-refractivity contribution < 1.29 is 0 Å². The Morgan fingerprint density at radius 2 is 2.19 bits per heavy atom. The lowest BCUT2D eigenvalue weighted by molar-refractivity contribution is 0.639. The number of rotatable bonds is 4. The first-order chi connectivity index (χ1) is 7.49. The number of nitrogens with two attached hydrogens (primary N) is 1. The molecule has 2 N–H and O–H groups in total. The summed E-state index contributed by atoms with van der Waals surface area (Å²) in [6.45, 7) is 6.73. The number of aryl methyl sites for hydroxylation is 2. The summed E-state index contributed by atoms with van der Waals surface area (Å²) in [6.07, 6.45) is 0.488. The fourth-order valence-corrected chi connectivity index (χ4v) is 1.78. The van der Waals surface area contributed by atoms with Crippen molar-refractivity contribution in [1.29, 1.82) is 5.26 Å². The van der Waals surface area contributed by atoms with E-state index in [9.17, 15) is 0 Å². The van der Waals surface area contributed by atoms with E-state index in [1.54, 1.807) is 4.68 Å². The van der Waals surface area contributed by atoms with Crippen molar-refractivity contribution in [2.75, 3.05) is 17.2 Å². The highest BCUT2D eigenvalue weighted by Crippen LogP contribution is 2.27. The number of nitrogens with zero attached hydrogens (tertiary/aromatic N) is 4. The van der Waals surface area contributed by atoms with Crippen LogP contribution in [0.2, 0.25) is 0 Å². The van der Waals surface area contributed by atoms with E-state index in [1.807, 2.05) is 14.0 Å². The Bertz CT molecular complexity index is 399. The molecule has 0 aliphatic heterocycles. The van der Waals surface area contributed by atoms with Crippen molar-refractivity contribution in [3.8, 4) is 6.07 Å². The fourth-order valence-electron chi connectivity index (χ4n) is 1.78. The minimum absolute atomic E-state index is 0.297. The van der Waals surface area contributed by atoms with Crippen LogP contribution in [0.4, 0.5) is 11.5 Å². The summed E-state index contributed by atoms with van der Waals surface area (Å²) < 4.78 is 1.78. The highest BCUT2D eigenvalue weighted by Gasteiger charge is 2.19. The van der Waals surface area contributed by atoms with Gasteiger partial charge in [0.25, 0.3) is 0 Å². The molecule has 0 fully saturated rings. The maximum absolute atomic E-state index is 8.66. The molecule has 0 spiro atoms. The van der Waals surface area contributed by atoms with Gasteiger partial charge >= 0.3 is 0 Å². The molecule has 1 aromatic heterocycles. The van der Waals surface area contributed by atoms with Crippen molar-refractivity contribution in [3.05, 3.63) is 5.69 Å². The molecule has 1 heterocycles. The van der Waals surface area contributed by atoms with Crippen LogP contribution < -0.4 is 10.6 Å². The van der Waals surface area contributed by atoms with Crippen LogP contribution in [0.15, 0.2) is 0 Å². The molecular weight excluding hydrogens is 202 g/mol. The van der Waals surface area contributed by atoms with E-state index in [0.717, 1.165) is 11.5 Å². The highest BCUT2D eigenvalue weighted by molar-refractivity contribution is 5.66. The molecule has 0 amide bonds. The Hall–Kier alpha value is -1.70. The van der Waals surface area contributed by atoms with Gasteiger partial charge in [-0.3, -0.25) is 4.68 Å². The first-order valence-electron chi connectivity index (χ1n) is 5.41. The molecule has 0 unspecified atom stereocenters. The van der Waals surface area contributed by atoms with E-state index >= 15 is 0 Å². The molecule has 1 aromatic rings. The number of nitrogen functional groups attached to an aromatic ring is 1. The second-order valence-corrected chi connectivity index (χ2v) is 4.14. The van der Waals surface area contributed by atoms with E-state index in [0.29, 0.717) is 24.7 Å². The topological polar surface area (TPSA) is 70.9 Å². The van der Waals surface area contributed by atoms with Crippen molar-refractivity contribution in [2.24, 2.45) is 7.05 Å². The number of aromatic nitrogens is 2. The average molecular weight is 221 g/mol. The molecule has 0 aliphatic rings. The largest absolute Gasteiger partial charge is 0.394 e. The Kier molecular flexibility index (Phi) is 3.78. The van der Waals surface area contributed by atoms with Crippen molar-refractivity contribution in [2.45, 2.75) is 33.2 Å². The van der Waals surface area contributed by atoms with E-state index in [-0.39, 0.29) is 0 Å². The summed E-state index contributed by atoms with van der Waals surface area (Å²) in [6, 6.07) is 2.45. The van der Waals surface area contributed by atoms with Gasteiger partial charge < -0.3 is 10.6 Å². The normalized spacial score (nSPS) is 10.5. The lowest BCUT2D eigenvalue weighted by atomic mass is 10.2. The third-order valence-corrected chi connectivity index (χ3v) is 2.60. The predicted molar refractivity (Wildman–Crippen MR) is 65.1 cm³/mol. The first-order valence-corrected chi connectivity index (χ1v) is 5.41. The van der Waals surface area contributed by atoms with Crippen LogP contribution in [-0.2, 0) is 7.05 Å². The molecule has 5 nitrogen and oxygen atoms in total. The molecule has 0 aromatic carbocycles. The lowest BCUT2D eigenvalue weighted by Gasteiger charge is -2.28. The summed E-state index contributed by atoms with van der Waals surface area (Å²) >= 11 is 0. The van der Waals surface area contributed by atoms with Gasteiger partial charge in [-0.05, 0) is 20.8 Å². The van der Waals surface area contributed by atoms with Crippen LogP contribution in [0.5, 0.6) is 0 Å². The van der Waals surface area contributed by atoms with Crippen LogP contribution in [-0.4, -0.2) is 22.4 Å².